The van der Waals surface area contributed by atoms with E-state index < -0.39 is 5.54 Å². The second kappa shape index (κ2) is 11.2. The summed E-state index contributed by atoms with van der Waals surface area (Å²) in [7, 11) is 1.39. The molecule has 4 rings (SSSR count). The van der Waals surface area contributed by atoms with Gasteiger partial charge in [0.2, 0.25) is 0 Å². The van der Waals surface area contributed by atoms with Crippen LogP contribution in [0.25, 0.3) is 0 Å². The van der Waals surface area contributed by atoms with Crippen LogP contribution in [-0.2, 0) is 15.1 Å². The van der Waals surface area contributed by atoms with Crippen molar-refractivity contribution < 1.29 is 9.53 Å². The first-order chi connectivity index (χ1) is 16.5. The highest BCUT2D eigenvalue weighted by Crippen LogP contribution is 2.43. The molecule has 1 heterocycles. The maximum atomic E-state index is 11.4. The molecular weight excluding hydrogens is 467 g/mol. The van der Waals surface area contributed by atoms with Crippen molar-refractivity contribution in [3.05, 3.63) is 118 Å². The first-order valence-corrected chi connectivity index (χ1v) is 12.1. The van der Waals surface area contributed by atoms with Gasteiger partial charge in [-0.15, -0.1) is 0 Å². The second-order valence-corrected chi connectivity index (χ2v) is 9.18. The molecule has 1 aliphatic heterocycles. The van der Waals surface area contributed by atoms with Gasteiger partial charge in [-0.25, -0.2) is 4.79 Å². The standard InChI is InChI=1S/C28H28Cl2N2O2/c1-34-27(33)8-5-17-31-18-20-32(21-19-31)28(22-6-3-2-4-7-22,23-9-13-25(29)14-10-23)24-11-15-26(30)16-12-24/h2-16H,17-21H2,1H3/b8-5+. The molecule has 1 aliphatic rings. The normalized spacial score (nSPS) is 15.5. The van der Waals surface area contributed by atoms with Crippen LogP contribution >= 0.6 is 23.2 Å². The number of rotatable bonds is 7. The largest absolute Gasteiger partial charge is 0.466 e. The van der Waals surface area contributed by atoms with Crippen molar-refractivity contribution in [1.29, 1.82) is 0 Å². The van der Waals surface area contributed by atoms with E-state index in [1.165, 1.54) is 18.7 Å². The van der Waals surface area contributed by atoms with Crippen LogP contribution in [0.15, 0.2) is 91.0 Å². The van der Waals surface area contributed by atoms with Crippen LogP contribution in [0.4, 0.5) is 0 Å². The zero-order chi connectivity index (χ0) is 24.0. The molecule has 3 aromatic rings. The Hall–Kier alpha value is -2.63. The molecule has 0 radical (unpaired) electrons. The highest BCUT2D eigenvalue weighted by Gasteiger charge is 2.43. The molecule has 0 spiro atoms. The van der Waals surface area contributed by atoms with Crippen molar-refractivity contribution in [3.63, 3.8) is 0 Å². The number of hydrogen-bond donors (Lipinski definition) is 0. The Labute approximate surface area is 211 Å². The molecule has 1 saturated heterocycles. The lowest BCUT2D eigenvalue weighted by Crippen LogP contribution is -2.56. The van der Waals surface area contributed by atoms with Crippen molar-refractivity contribution in [2.75, 3.05) is 39.8 Å². The average Bonchev–Trinajstić information content (AvgIpc) is 2.88. The van der Waals surface area contributed by atoms with Gasteiger partial charge in [0.25, 0.3) is 0 Å². The Morgan fingerprint density at radius 2 is 1.32 bits per heavy atom. The predicted octanol–water partition coefficient (Wildman–Crippen LogP) is 5.63. The number of carbonyl (C=O) groups is 1. The summed E-state index contributed by atoms with van der Waals surface area (Å²) < 4.78 is 4.69. The minimum atomic E-state index is -0.496. The van der Waals surface area contributed by atoms with E-state index in [1.54, 1.807) is 0 Å². The highest BCUT2D eigenvalue weighted by molar-refractivity contribution is 6.30. The summed E-state index contributed by atoms with van der Waals surface area (Å²) in [6.07, 6.45) is 3.35. The third kappa shape index (κ3) is 5.21. The molecule has 34 heavy (non-hydrogen) atoms. The summed E-state index contributed by atoms with van der Waals surface area (Å²) in [5, 5.41) is 1.42. The smallest absolute Gasteiger partial charge is 0.330 e. The first-order valence-electron chi connectivity index (χ1n) is 11.3. The van der Waals surface area contributed by atoms with Gasteiger partial charge >= 0.3 is 5.97 Å². The van der Waals surface area contributed by atoms with Crippen LogP contribution in [0.3, 0.4) is 0 Å². The summed E-state index contributed by atoms with van der Waals surface area (Å²) in [5.41, 5.74) is 3.01. The zero-order valence-electron chi connectivity index (χ0n) is 19.2. The molecule has 0 N–H and O–H groups in total. The number of methoxy groups -OCH3 is 1. The van der Waals surface area contributed by atoms with Gasteiger partial charge in [0.15, 0.2) is 0 Å². The Morgan fingerprint density at radius 3 is 1.82 bits per heavy atom. The number of ether oxygens (including phenoxy) is 1. The van der Waals surface area contributed by atoms with Crippen LogP contribution in [0.5, 0.6) is 0 Å². The Morgan fingerprint density at radius 1 is 0.824 bits per heavy atom. The SMILES string of the molecule is COC(=O)/C=C/CN1CCN(C(c2ccccc2)(c2ccc(Cl)cc2)c2ccc(Cl)cc2)CC1. The molecule has 4 nitrogen and oxygen atoms in total. The third-order valence-electron chi connectivity index (χ3n) is 6.38. The van der Waals surface area contributed by atoms with Gasteiger partial charge in [0, 0.05) is 48.8 Å². The summed E-state index contributed by atoms with van der Waals surface area (Å²) in [6.45, 7) is 4.17. The fourth-order valence-electron chi connectivity index (χ4n) is 4.74. The number of halogens is 2. The van der Waals surface area contributed by atoms with Gasteiger partial charge in [-0.3, -0.25) is 9.80 Å². The maximum Gasteiger partial charge on any atom is 0.330 e. The molecule has 3 aromatic carbocycles. The number of hydrogen-bond acceptors (Lipinski definition) is 4. The van der Waals surface area contributed by atoms with Crippen molar-refractivity contribution in [1.82, 2.24) is 9.80 Å². The number of carbonyl (C=O) groups excluding carboxylic acids is 1. The van der Waals surface area contributed by atoms with Crippen molar-refractivity contribution >= 4 is 29.2 Å². The summed E-state index contributed by atoms with van der Waals surface area (Å²) in [5.74, 6) is -0.327. The monoisotopic (exact) mass is 494 g/mol. The quantitative estimate of drug-likeness (QED) is 0.242. The third-order valence-corrected chi connectivity index (χ3v) is 6.88. The summed E-state index contributed by atoms with van der Waals surface area (Å²) in [4.78, 5) is 16.3. The van der Waals surface area contributed by atoms with E-state index in [0.29, 0.717) is 16.6 Å². The molecule has 176 valence electrons. The summed E-state index contributed by atoms with van der Waals surface area (Å²) >= 11 is 12.6. The average molecular weight is 495 g/mol. The van der Waals surface area contributed by atoms with Crippen LogP contribution < -0.4 is 0 Å². The molecule has 1 fully saturated rings. The lowest BCUT2D eigenvalue weighted by atomic mass is 9.75. The van der Waals surface area contributed by atoms with E-state index in [9.17, 15) is 4.79 Å². The van der Waals surface area contributed by atoms with Crippen LogP contribution in [0, 0.1) is 0 Å². The molecule has 0 aliphatic carbocycles. The molecule has 6 heteroatoms. The fourth-order valence-corrected chi connectivity index (χ4v) is 4.99. The van der Waals surface area contributed by atoms with Crippen LogP contribution in [-0.4, -0.2) is 55.6 Å². The van der Waals surface area contributed by atoms with E-state index in [0.717, 1.165) is 37.3 Å². The molecular formula is C28H28Cl2N2O2. The zero-order valence-corrected chi connectivity index (χ0v) is 20.7. The Kier molecular flexibility index (Phi) is 8.07. The second-order valence-electron chi connectivity index (χ2n) is 8.30. The molecule has 0 unspecified atom stereocenters. The van der Waals surface area contributed by atoms with Gasteiger partial charge in [-0.1, -0.05) is 83.9 Å². The lowest BCUT2D eigenvalue weighted by molar-refractivity contribution is -0.134. The molecule has 0 aromatic heterocycles. The molecule has 0 bridgehead atoms. The minimum absolute atomic E-state index is 0.327. The Bertz CT molecular complexity index is 1060. The molecule has 0 saturated carbocycles. The van der Waals surface area contributed by atoms with Gasteiger partial charge in [0.05, 0.1) is 12.6 Å². The van der Waals surface area contributed by atoms with E-state index in [-0.39, 0.29) is 5.97 Å². The van der Waals surface area contributed by atoms with Gasteiger partial charge < -0.3 is 4.74 Å². The van der Waals surface area contributed by atoms with E-state index in [4.69, 9.17) is 27.9 Å². The topological polar surface area (TPSA) is 32.8 Å². The molecule has 0 atom stereocenters. The van der Waals surface area contributed by atoms with Crippen LogP contribution in [0.2, 0.25) is 10.0 Å². The van der Waals surface area contributed by atoms with Gasteiger partial charge in [-0.2, -0.15) is 0 Å². The van der Waals surface area contributed by atoms with Gasteiger partial charge in [0.1, 0.15) is 0 Å². The van der Waals surface area contributed by atoms with E-state index in [2.05, 4.69) is 58.3 Å². The fraction of sp³-hybridized carbons (Fsp3) is 0.250. The lowest BCUT2D eigenvalue weighted by Gasteiger charge is -2.49. The van der Waals surface area contributed by atoms with E-state index >= 15 is 0 Å². The number of nitrogens with zero attached hydrogens (tertiary/aromatic N) is 2. The van der Waals surface area contributed by atoms with Crippen molar-refractivity contribution in [2.45, 2.75) is 5.54 Å². The predicted molar refractivity (Wildman–Crippen MR) is 138 cm³/mol. The van der Waals surface area contributed by atoms with Crippen LogP contribution in [0.1, 0.15) is 16.7 Å². The van der Waals surface area contributed by atoms with Crippen molar-refractivity contribution in [3.8, 4) is 0 Å². The first kappa shape index (κ1) is 24.5. The highest BCUT2D eigenvalue weighted by atomic mass is 35.5. The van der Waals surface area contributed by atoms with E-state index in [1.807, 2.05) is 36.4 Å². The summed E-state index contributed by atoms with van der Waals surface area (Å²) in [6, 6.07) is 26.9. The number of esters is 1. The molecule has 0 amide bonds. The minimum Gasteiger partial charge on any atom is -0.466 e. The van der Waals surface area contributed by atoms with Gasteiger partial charge in [-0.05, 0) is 41.0 Å². The van der Waals surface area contributed by atoms with Crippen molar-refractivity contribution in [2.24, 2.45) is 0 Å². The number of piperazine rings is 1. The number of benzene rings is 3. The maximum absolute atomic E-state index is 11.4. The Balaban J connectivity index is 1.74.